The van der Waals surface area contributed by atoms with Gasteiger partial charge in [-0.1, -0.05) is 30.3 Å². The molecule has 0 aromatic heterocycles. The average molecular weight is 265 g/mol. The Morgan fingerprint density at radius 1 is 1.11 bits per heavy atom. The Morgan fingerprint density at radius 2 is 1.68 bits per heavy atom. The second kappa shape index (κ2) is 8.67. The lowest BCUT2D eigenvalue weighted by Crippen LogP contribution is -2.41. The predicted octanol–water partition coefficient (Wildman–Crippen LogP) is 2.43. The monoisotopic (exact) mass is 265 g/mol. The molecule has 0 unspecified atom stereocenters. The minimum Gasteiger partial charge on any atom is -0.345 e. The fourth-order valence-corrected chi connectivity index (χ4v) is 1.79. The van der Waals surface area contributed by atoms with Gasteiger partial charge in [-0.3, -0.25) is 4.79 Å². The van der Waals surface area contributed by atoms with E-state index < -0.39 is 6.29 Å². The predicted molar refractivity (Wildman–Crippen MR) is 74.6 cm³/mol. The number of nitrogens with zero attached hydrogens (tertiary/aromatic N) is 1. The second-order valence-electron chi connectivity index (χ2n) is 4.08. The summed E-state index contributed by atoms with van der Waals surface area (Å²) in [6, 6.07) is 9.91. The van der Waals surface area contributed by atoms with Gasteiger partial charge < -0.3 is 14.4 Å². The smallest absolute Gasteiger partial charge is 0.279 e. The number of hydrogen-bond donors (Lipinski definition) is 0. The fourth-order valence-electron chi connectivity index (χ4n) is 1.79. The molecule has 4 nitrogen and oxygen atoms in total. The van der Waals surface area contributed by atoms with E-state index in [1.165, 1.54) is 0 Å². The van der Waals surface area contributed by atoms with Crippen molar-refractivity contribution >= 4 is 5.91 Å². The van der Waals surface area contributed by atoms with E-state index in [0.717, 1.165) is 5.56 Å². The number of carbonyl (C=O) groups excluding carboxylic acids is 1. The number of amides is 1. The van der Waals surface area contributed by atoms with E-state index in [2.05, 4.69) is 0 Å². The molecular formula is C15H23NO3. The van der Waals surface area contributed by atoms with Crippen molar-refractivity contribution in [1.29, 1.82) is 0 Å². The van der Waals surface area contributed by atoms with Crippen LogP contribution >= 0.6 is 0 Å². The Balaban J connectivity index is 2.69. The van der Waals surface area contributed by atoms with Gasteiger partial charge in [0.25, 0.3) is 5.91 Å². The van der Waals surface area contributed by atoms with Crippen LogP contribution in [0.2, 0.25) is 0 Å². The summed E-state index contributed by atoms with van der Waals surface area (Å²) in [4.78, 5) is 14.1. The highest BCUT2D eigenvalue weighted by Gasteiger charge is 2.24. The molecule has 0 saturated carbocycles. The SMILES string of the molecule is CCOC(OCC)C(=O)N(CC)Cc1ccccc1. The Hall–Kier alpha value is -1.39. The maximum absolute atomic E-state index is 12.3. The molecule has 106 valence electrons. The summed E-state index contributed by atoms with van der Waals surface area (Å²) in [7, 11) is 0. The van der Waals surface area contributed by atoms with Crippen molar-refractivity contribution in [2.75, 3.05) is 19.8 Å². The first-order valence-corrected chi connectivity index (χ1v) is 6.78. The highest BCUT2D eigenvalue weighted by Crippen LogP contribution is 2.08. The van der Waals surface area contributed by atoms with Gasteiger partial charge in [0.2, 0.25) is 6.29 Å². The quantitative estimate of drug-likeness (QED) is 0.678. The molecular weight excluding hydrogens is 242 g/mol. The molecule has 0 spiro atoms. The molecule has 0 saturated heterocycles. The number of ether oxygens (including phenoxy) is 2. The Kier molecular flexibility index (Phi) is 7.15. The van der Waals surface area contributed by atoms with Crippen molar-refractivity contribution in [2.24, 2.45) is 0 Å². The van der Waals surface area contributed by atoms with E-state index in [-0.39, 0.29) is 5.91 Å². The number of hydrogen-bond acceptors (Lipinski definition) is 3. The maximum atomic E-state index is 12.3. The van der Waals surface area contributed by atoms with Gasteiger partial charge in [0.1, 0.15) is 0 Å². The van der Waals surface area contributed by atoms with Gasteiger partial charge in [0.05, 0.1) is 0 Å². The summed E-state index contributed by atoms with van der Waals surface area (Å²) < 4.78 is 10.7. The molecule has 1 aromatic rings. The molecule has 0 fully saturated rings. The molecule has 1 aromatic carbocycles. The van der Waals surface area contributed by atoms with Gasteiger partial charge in [-0.15, -0.1) is 0 Å². The molecule has 0 radical (unpaired) electrons. The first-order valence-electron chi connectivity index (χ1n) is 6.78. The van der Waals surface area contributed by atoms with E-state index in [1.807, 2.05) is 51.1 Å². The normalized spacial score (nSPS) is 10.7. The minimum atomic E-state index is -0.793. The Morgan fingerprint density at radius 3 is 2.16 bits per heavy atom. The molecule has 19 heavy (non-hydrogen) atoms. The molecule has 0 N–H and O–H groups in total. The van der Waals surface area contributed by atoms with Gasteiger partial charge in [0.15, 0.2) is 0 Å². The van der Waals surface area contributed by atoms with E-state index in [1.54, 1.807) is 4.90 Å². The lowest BCUT2D eigenvalue weighted by Gasteiger charge is -2.26. The summed E-state index contributed by atoms with van der Waals surface area (Å²) >= 11 is 0. The fraction of sp³-hybridized carbons (Fsp3) is 0.533. The summed E-state index contributed by atoms with van der Waals surface area (Å²) in [5, 5.41) is 0. The maximum Gasteiger partial charge on any atom is 0.279 e. The van der Waals surface area contributed by atoms with E-state index in [0.29, 0.717) is 26.3 Å². The molecule has 0 aliphatic heterocycles. The molecule has 0 heterocycles. The number of rotatable bonds is 8. The molecule has 0 aliphatic carbocycles. The molecule has 1 rings (SSSR count). The molecule has 0 atom stereocenters. The topological polar surface area (TPSA) is 38.8 Å². The van der Waals surface area contributed by atoms with Crippen LogP contribution in [0.25, 0.3) is 0 Å². The van der Waals surface area contributed by atoms with Crippen LogP contribution in [-0.2, 0) is 20.8 Å². The summed E-state index contributed by atoms with van der Waals surface area (Å²) in [6.07, 6.45) is -0.793. The van der Waals surface area contributed by atoms with Crippen molar-refractivity contribution in [2.45, 2.75) is 33.6 Å². The highest BCUT2D eigenvalue weighted by atomic mass is 16.7. The lowest BCUT2D eigenvalue weighted by atomic mass is 10.2. The largest absolute Gasteiger partial charge is 0.345 e. The van der Waals surface area contributed by atoms with Crippen LogP contribution < -0.4 is 0 Å². The van der Waals surface area contributed by atoms with Crippen LogP contribution in [0.3, 0.4) is 0 Å². The zero-order chi connectivity index (χ0) is 14.1. The van der Waals surface area contributed by atoms with E-state index >= 15 is 0 Å². The summed E-state index contributed by atoms with van der Waals surface area (Å²) in [5.74, 6) is -0.116. The van der Waals surface area contributed by atoms with Crippen LogP contribution in [0.4, 0.5) is 0 Å². The zero-order valence-corrected chi connectivity index (χ0v) is 12.0. The Labute approximate surface area is 115 Å². The standard InChI is InChI=1S/C15H23NO3/c1-4-16(12-13-10-8-7-9-11-13)14(17)15(18-5-2)19-6-3/h7-11,15H,4-6,12H2,1-3H3. The third-order valence-corrected chi connectivity index (χ3v) is 2.75. The molecule has 4 heteroatoms. The van der Waals surface area contributed by atoms with Gasteiger partial charge in [0, 0.05) is 26.3 Å². The molecule has 0 bridgehead atoms. The average Bonchev–Trinajstić information content (AvgIpc) is 2.45. The van der Waals surface area contributed by atoms with Gasteiger partial charge in [-0.05, 0) is 26.3 Å². The Bertz CT molecular complexity index is 361. The molecule has 1 amide bonds. The van der Waals surface area contributed by atoms with Crippen LogP contribution in [0.15, 0.2) is 30.3 Å². The third kappa shape index (κ3) is 5.01. The van der Waals surface area contributed by atoms with Gasteiger partial charge >= 0.3 is 0 Å². The zero-order valence-electron chi connectivity index (χ0n) is 12.0. The van der Waals surface area contributed by atoms with Crippen molar-refractivity contribution in [1.82, 2.24) is 4.90 Å². The van der Waals surface area contributed by atoms with Crippen LogP contribution in [0.5, 0.6) is 0 Å². The third-order valence-electron chi connectivity index (χ3n) is 2.75. The van der Waals surface area contributed by atoms with Crippen molar-refractivity contribution in [3.8, 4) is 0 Å². The van der Waals surface area contributed by atoms with Crippen molar-refractivity contribution in [3.05, 3.63) is 35.9 Å². The summed E-state index contributed by atoms with van der Waals surface area (Å²) in [5.41, 5.74) is 1.10. The number of carbonyl (C=O) groups is 1. The van der Waals surface area contributed by atoms with Crippen molar-refractivity contribution in [3.63, 3.8) is 0 Å². The second-order valence-corrected chi connectivity index (χ2v) is 4.08. The molecule has 0 aliphatic rings. The van der Waals surface area contributed by atoms with Crippen LogP contribution in [0.1, 0.15) is 26.3 Å². The van der Waals surface area contributed by atoms with Gasteiger partial charge in [-0.2, -0.15) is 0 Å². The lowest BCUT2D eigenvalue weighted by molar-refractivity contribution is -0.181. The van der Waals surface area contributed by atoms with E-state index in [9.17, 15) is 4.79 Å². The summed E-state index contributed by atoms with van der Waals surface area (Å²) in [6.45, 7) is 7.78. The first kappa shape index (κ1) is 15.7. The number of likely N-dealkylation sites (N-methyl/N-ethyl adjacent to an activating group) is 1. The van der Waals surface area contributed by atoms with Gasteiger partial charge in [-0.25, -0.2) is 0 Å². The number of benzene rings is 1. The van der Waals surface area contributed by atoms with Crippen LogP contribution in [-0.4, -0.2) is 36.9 Å². The van der Waals surface area contributed by atoms with E-state index in [4.69, 9.17) is 9.47 Å². The van der Waals surface area contributed by atoms with Crippen LogP contribution in [0, 0.1) is 0 Å². The first-order chi connectivity index (χ1) is 9.22. The minimum absolute atomic E-state index is 0.116. The van der Waals surface area contributed by atoms with Crippen molar-refractivity contribution < 1.29 is 14.3 Å². The highest BCUT2D eigenvalue weighted by molar-refractivity contribution is 5.79.